The second-order valence-electron chi connectivity index (χ2n) is 3.68. The highest BCUT2D eigenvalue weighted by Crippen LogP contribution is 2.53. The standard InChI is InChI=1S/C7H13N/c1-5-3-7(2)4-6(7)8-5/h5-6,8H,3-4H2,1-2H3/t5-,6-,7+/m1/s1. The molecule has 8 heavy (non-hydrogen) atoms. The van der Waals surface area contributed by atoms with E-state index in [9.17, 15) is 0 Å². The van der Waals surface area contributed by atoms with Crippen LogP contribution in [0.2, 0.25) is 0 Å². The van der Waals surface area contributed by atoms with Gasteiger partial charge in [0.25, 0.3) is 0 Å². The maximum Gasteiger partial charge on any atom is 0.0130 e. The Kier molecular flexibility index (Phi) is 0.663. The highest BCUT2D eigenvalue weighted by molar-refractivity contribution is 5.11. The minimum Gasteiger partial charge on any atom is -0.311 e. The number of rotatable bonds is 0. The first-order valence-corrected chi connectivity index (χ1v) is 3.47. The molecular formula is C7H13N. The van der Waals surface area contributed by atoms with Crippen molar-refractivity contribution in [3.63, 3.8) is 0 Å². The van der Waals surface area contributed by atoms with Crippen molar-refractivity contribution < 1.29 is 0 Å². The Morgan fingerprint density at radius 3 is 2.50 bits per heavy atom. The van der Waals surface area contributed by atoms with E-state index in [1.807, 2.05) is 0 Å². The quantitative estimate of drug-likeness (QED) is 0.494. The molecule has 1 heterocycles. The Balaban J connectivity index is 2.10. The number of hydrogen-bond acceptors (Lipinski definition) is 1. The highest BCUT2D eigenvalue weighted by atomic mass is 15.1. The predicted molar refractivity (Wildman–Crippen MR) is 33.7 cm³/mol. The largest absolute Gasteiger partial charge is 0.311 e. The molecule has 1 N–H and O–H groups in total. The molecule has 0 radical (unpaired) electrons. The fraction of sp³-hybridized carbons (Fsp3) is 1.00. The van der Waals surface area contributed by atoms with Crippen LogP contribution in [0.15, 0.2) is 0 Å². The first-order valence-electron chi connectivity index (χ1n) is 3.47. The second-order valence-corrected chi connectivity index (χ2v) is 3.68. The van der Waals surface area contributed by atoms with Gasteiger partial charge in [-0.25, -0.2) is 0 Å². The van der Waals surface area contributed by atoms with Crippen LogP contribution in [-0.2, 0) is 0 Å². The number of hydrogen-bond donors (Lipinski definition) is 1. The first kappa shape index (κ1) is 4.80. The van der Waals surface area contributed by atoms with Crippen molar-refractivity contribution in [2.75, 3.05) is 0 Å². The maximum absolute atomic E-state index is 3.53. The van der Waals surface area contributed by atoms with Gasteiger partial charge in [-0.15, -0.1) is 0 Å². The normalized spacial score (nSPS) is 60.8. The smallest absolute Gasteiger partial charge is 0.0130 e. The van der Waals surface area contributed by atoms with E-state index in [4.69, 9.17) is 0 Å². The van der Waals surface area contributed by atoms with Gasteiger partial charge in [0, 0.05) is 12.1 Å². The van der Waals surface area contributed by atoms with Crippen LogP contribution < -0.4 is 5.32 Å². The van der Waals surface area contributed by atoms with Gasteiger partial charge in [0.05, 0.1) is 0 Å². The van der Waals surface area contributed by atoms with E-state index >= 15 is 0 Å². The fourth-order valence-electron chi connectivity index (χ4n) is 1.99. The average molecular weight is 111 g/mol. The summed E-state index contributed by atoms with van der Waals surface area (Å²) in [5, 5.41) is 3.53. The molecule has 0 bridgehead atoms. The Morgan fingerprint density at radius 2 is 2.25 bits per heavy atom. The van der Waals surface area contributed by atoms with E-state index in [2.05, 4.69) is 19.2 Å². The zero-order valence-electron chi connectivity index (χ0n) is 5.57. The monoisotopic (exact) mass is 111 g/mol. The molecule has 1 heteroatoms. The summed E-state index contributed by atoms with van der Waals surface area (Å²) in [7, 11) is 0. The van der Waals surface area contributed by atoms with Gasteiger partial charge < -0.3 is 5.32 Å². The number of piperidine rings is 1. The zero-order chi connectivity index (χ0) is 5.78. The lowest BCUT2D eigenvalue weighted by molar-refractivity contribution is 0.514. The molecule has 2 rings (SSSR count). The molecule has 1 aliphatic carbocycles. The number of nitrogens with one attached hydrogen (secondary N) is 1. The Hall–Kier alpha value is -0.0400. The van der Waals surface area contributed by atoms with Crippen molar-refractivity contribution in [1.29, 1.82) is 0 Å². The topological polar surface area (TPSA) is 12.0 Å². The Bertz CT molecular complexity index is 122. The Morgan fingerprint density at radius 1 is 1.50 bits per heavy atom. The van der Waals surface area contributed by atoms with Gasteiger partial charge in [-0.3, -0.25) is 0 Å². The summed E-state index contributed by atoms with van der Waals surface area (Å²) in [5.41, 5.74) is 0.722. The van der Waals surface area contributed by atoms with E-state index < -0.39 is 0 Å². The lowest BCUT2D eigenvalue weighted by atomic mass is 10.0. The van der Waals surface area contributed by atoms with Crippen molar-refractivity contribution in [1.82, 2.24) is 5.32 Å². The van der Waals surface area contributed by atoms with Crippen molar-refractivity contribution in [3.8, 4) is 0 Å². The summed E-state index contributed by atoms with van der Waals surface area (Å²) in [4.78, 5) is 0. The molecule has 0 aromatic carbocycles. The van der Waals surface area contributed by atoms with E-state index in [0.717, 1.165) is 17.5 Å². The minimum absolute atomic E-state index is 0.722. The molecule has 1 aliphatic heterocycles. The van der Waals surface area contributed by atoms with E-state index in [1.54, 1.807) is 0 Å². The molecule has 0 spiro atoms. The molecule has 3 atom stereocenters. The van der Waals surface area contributed by atoms with Crippen LogP contribution in [0.1, 0.15) is 26.7 Å². The first-order chi connectivity index (χ1) is 3.71. The third kappa shape index (κ3) is 0.455. The maximum atomic E-state index is 3.53. The molecular weight excluding hydrogens is 98.1 g/mol. The summed E-state index contributed by atoms with van der Waals surface area (Å²) in [6.45, 7) is 4.66. The van der Waals surface area contributed by atoms with Crippen LogP contribution in [-0.4, -0.2) is 12.1 Å². The molecule has 1 saturated carbocycles. The van der Waals surface area contributed by atoms with Crippen LogP contribution >= 0.6 is 0 Å². The van der Waals surface area contributed by atoms with Crippen LogP contribution in [0.5, 0.6) is 0 Å². The lowest BCUT2D eigenvalue weighted by Gasteiger charge is -2.05. The van der Waals surface area contributed by atoms with Crippen LogP contribution in [0.25, 0.3) is 0 Å². The SMILES string of the molecule is C[C@@H]1C[C@@]2(C)C[C@H]2N1. The second kappa shape index (κ2) is 1.10. The molecule has 0 aromatic rings. The minimum atomic E-state index is 0.722. The zero-order valence-corrected chi connectivity index (χ0v) is 5.57. The highest BCUT2D eigenvalue weighted by Gasteiger charge is 2.55. The van der Waals surface area contributed by atoms with Gasteiger partial charge >= 0.3 is 0 Å². The van der Waals surface area contributed by atoms with Crippen molar-refractivity contribution in [2.45, 2.75) is 38.8 Å². The van der Waals surface area contributed by atoms with Gasteiger partial charge in [0.15, 0.2) is 0 Å². The average Bonchev–Trinajstić information content (AvgIpc) is 2.07. The van der Waals surface area contributed by atoms with E-state index in [0.29, 0.717) is 0 Å². The summed E-state index contributed by atoms with van der Waals surface area (Å²) in [6.07, 6.45) is 2.83. The van der Waals surface area contributed by atoms with Crippen LogP contribution in [0, 0.1) is 5.41 Å². The molecule has 0 aromatic heterocycles. The van der Waals surface area contributed by atoms with Crippen LogP contribution in [0.4, 0.5) is 0 Å². The summed E-state index contributed by atoms with van der Waals surface area (Å²) < 4.78 is 0. The van der Waals surface area contributed by atoms with Gasteiger partial charge in [0.2, 0.25) is 0 Å². The third-order valence-electron chi connectivity index (χ3n) is 2.61. The molecule has 0 amide bonds. The van der Waals surface area contributed by atoms with Gasteiger partial charge in [0.1, 0.15) is 0 Å². The summed E-state index contributed by atoms with van der Waals surface area (Å²) in [6, 6.07) is 1.68. The van der Waals surface area contributed by atoms with Crippen molar-refractivity contribution >= 4 is 0 Å². The van der Waals surface area contributed by atoms with Gasteiger partial charge in [-0.1, -0.05) is 6.92 Å². The third-order valence-corrected chi connectivity index (χ3v) is 2.61. The summed E-state index contributed by atoms with van der Waals surface area (Å²) >= 11 is 0. The lowest BCUT2D eigenvalue weighted by Crippen LogP contribution is -2.21. The van der Waals surface area contributed by atoms with E-state index in [1.165, 1.54) is 12.8 Å². The molecule has 2 aliphatic rings. The molecule has 2 fully saturated rings. The van der Waals surface area contributed by atoms with Gasteiger partial charge in [-0.2, -0.15) is 0 Å². The van der Waals surface area contributed by atoms with Crippen molar-refractivity contribution in [3.05, 3.63) is 0 Å². The number of fused-ring (bicyclic) bond motifs is 1. The summed E-state index contributed by atoms with van der Waals surface area (Å²) in [5.74, 6) is 0. The molecule has 0 unspecified atom stereocenters. The van der Waals surface area contributed by atoms with Gasteiger partial charge in [-0.05, 0) is 25.2 Å². The van der Waals surface area contributed by atoms with Crippen LogP contribution in [0.3, 0.4) is 0 Å². The van der Waals surface area contributed by atoms with Crippen molar-refractivity contribution in [2.24, 2.45) is 5.41 Å². The van der Waals surface area contributed by atoms with E-state index in [-0.39, 0.29) is 0 Å². The molecule has 1 saturated heterocycles. The molecule has 46 valence electrons. The predicted octanol–water partition coefficient (Wildman–Crippen LogP) is 1.15. The molecule has 1 nitrogen and oxygen atoms in total. The fourth-order valence-corrected chi connectivity index (χ4v) is 1.99. The Labute approximate surface area is 50.5 Å².